The van der Waals surface area contributed by atoms with Gasteiger partial charge >= 0.3 is 0 Å². The second kappa shape index (κ2) is 9.07. The van der Waals surface area contributed by atoms with E-state index in [2.05, 4.69) is 20.6 Å². The molecule has 0 spiro atoms. The molecule has 1 atom stereocenters. The SMILES string of the molecule is CC(Nc1nccc(-c2c(-c3ccc(F)cc3)c(=O)n(C3CCNCC3)n2C)n1)C(C)(C)O. The van der Waals surface area contributed by atoms with Crippen molar-refractivity contribution in [2.45, 2.75) is 51.3 Å². The Balaban J connectivity index is 1.86. The molecule has 0 radical (unpaired) electrons. The van der Waals surface area contributed by atoms with Gasteiger partial charge in [0.2, 0.25) is 5.95 Å². The van der Waals surface area contributed by atoms with Crippen molar-refractivity contribution >= 4 is 5.95 Å². The van der Waals surface area contributed by atoms with Crippen molar-refractivity contribution in [3.8, 4) is 22.5 Å². The Morgan fingerprint density at radius 3 is 2.52 bits per heavy atom. The summed E-state index contributed by atoms with van der Waals surface area (Å²) < 4.78 is 17.3. The van der Waals surface area contributed by atoms with E-state index in [0.717, 1.165) is 25.9 Å². The molecular weight excluding hydrogens is 423 g/mol. The van der Waals surface area contributed by atoms with E-state index < -0.39 is 5.60 Å². The van der Waals surface area contributed by atoms with Crippen LogP contribution in [-0.2, 0) is 7.05 Å². The Morgan fingerprint density at radius 1 is 1.21 bits per heavy atom. The Morgan fingerprint density at radius 2 is 1.88 bits per heavy atom. The summed E-state index contributed by atoms with van der Waals surface area (Å²) in [5.41, 5.74) is 1.25. The third-order valence-corrected chi connectivity index (χ3v) is 6.40. The van der Waals surface area contributed by atoms with Gasteiger partial charge in [0.15, 0.2) is 0 Å². The fraction of sp³-hybridized carbons (Fsp3) is 0.458. The highest BCUT2D eigenvalue weighted by molar-refractivity contribution is 5.79. The minimum atomic E-state index is -0.968. The van der Waals surface area contributed by atoms with Crippen molar-refractivity contribution in [3.05, 3.63) is 52.7 Å². The van der Waals surface area contributed by atoms with Crippen molar-refractivity contribution in [3.63, 3.8) is 0 Å². The lowest BCUT2D eigenvalue weighted by molar-refractivity contribution is 0.0646. The first kappa shape index (κ1) is 23.1. The van der Waals surface area contributed by atoms with Gasteiger partial charge in [0, 0.05) is 13.2 Å². The topological polar surface area (TPSA) is 97.0 Å². The van der Waals surface area contributed by atoms with Crippen molar-refractivity contribution in [2.75, 3.05) is 18.4 Å². The smallest absolute Gasteiger partial charge is 0.275 e. The first-order valence-electron chi connectivity index (χ1n) is 11.3. The van der Waals surface area contributed by atoms with Crippen LogP contribution in [0.3, 0.4) is 0 Å². The fourth-order valence-corrected chi connectivity index (χ4v) is 4.18. The molecule has 1 unspecified atom stereocenters. The van der Waals surface area contributed by atoms with Crippen LogP contribution in [0, 0.1) is 5.82 Å². The second-order valence-electron chi connectivity index (χ2n) is 9.17. The monoisotopic (exact) mass is 454 g/mol. The van der Waals surface area contributed by atoms with Crippen LogP contribution >= 0.6 is 0 Å². The number of benzene rings is 1. The van der Waals surface area contributed by atoms with Crippen molar-refractivity contribution in [1.29, 1.82) is 0 Å². The van der Waals surface area contributed by atoms with Gasteiger partial charge in [0.25, 0.3) is 5.56 Å². The Kier molecular flexibility index (Phi) is 6.36. The number of hydrogen-bond acceptors (Lipinski definition) is 6. The molecule has 1 aliphatic heterocycles. The number of rotatable bonds is 6. The summed E-state index contributed by atoms with van der Waals surface area (Å²) in [6.45, 7) is 6.97. The number of piperidine rings is 1. The van der Waals surface area contributed by atoms with E-state index >= 15 is 0 Å². The predicted molar refractivity (Wildman–Crippen MR) is 127 cm³/mol. The molecule has 0 amide bonds. The van der Waals surface area contributed by atoms with Gasteiger partial charge < -0.3 is 15.7 Å². The average molecular weight is 455 g/mol. The molecule has 0 aliphatic carbocycles. The second-order valence-corrected chi connectivity index (χ2v) is 9.17. The third-order valence-electron chi connectivity index (χ3n) is 6.40. The van der Waals surface area contributed by atoms with Crippen LogP contribution in [0.25, 0.3) is 22.5 Å². The molecule has 1 fully saturated rings. The Labute approximate surface area is 192 Å². The van der Waals surface area contributed by atoms with E-state index in [1.165, 1.54) is 12.1 Å². The summed E-state index contributed by atoms with van der Waals surface area (Å²) in [5, 5.41) is 16.7. The highest BCUT2D eigenvalue weighted by Gasteiger charge is 2.28. The molecule has 8 nitrogen and oxygen atoms in total. The summed E-state index contributed by atoms with van der Waals surface area (Å²) >= 11 is 0. The van der Waals surface area contributed by atoms with Crippen LogP contribution in [0.2, 0.25) is 0 Å². The average Bonchev–Trinajstić information content (AvgIpc) is 3.04. The lowest BCUT2D eigenvalue weighted by atomic mass is 10.0. The molecule has 1 aliphatic rings. The zero-order valence-corrected chi connectivity index (χ0v) is 19.5. The molecule has 3 N–H and O–H groups in total. The summed E-state index contributed by atoms with van der Waals surface area (Å²) in [6.07, 6.45) is 3.32. The van der Waals surface area contributed by atoms with Gasteiger partial charge in [-0.25, -0.2) is 19.0 Å². The van der Waals surface area contributed by atoms with Crippen LogP contribution in [-0.4, -0.2) is 49.2 Å². The van der Waals surface area contributed by atoms with Crippen LogP contribution in [0.5, 0.6) is 0 Å². The van der Waals surface area contributed by atoms with Gasteiger partial charge in [-0.2, -0.15) is 0 Å². The maximum absolute atomic E-state index is 13.7. The normalized spacial score (nSPS) is 16.1. The molecular formula is C24H31FN6O2. The summed E-state index contributed by atoms with van der Waals surface area (Å²) in [6, 6.07) is 7.49. The highest BCUT2D eigenvalue weighted by Crippen LogP contribution is 2.31. The van der Waals surface area contributed by atoms with Crippen LogP contribution in [0.15, 0.2) is 41.3 Å². The molecule has 4 rings (SSSR count). The molecule has 2 aromatic heterocycles. The minimum Gasteiger partial charge on any atom is -0.388 e. The standard InChI is InChI=1S/C24H31FN6O2/c1-15(24(2,3)33)28-23-27-14-11-19(29-23)21-20(16-5-7-17(25)8-6-16)22(32)31(30(21)4)18-9-12-26-13-10-18/h5-8,11,14-15,18,26,33H,9-10,12-13H2,1-4H3,(H,27,28,29). The molecule has 3 aromatic rings. The van der Waals surface area contributed by atoms with E-state index in [-0.39, 0.29) is 23.5 Å². The first-order chi connectivity index (χ1) is 15.7. The number of anilines is 1. The number of halogens is 1. The van der Waals surface area contributed by atoms with Gasteiger partial charge in [-0.3, -0.25) is 9.48 Å². The van der Waals surface area contributed by atoms with Crippen LogP contribution in [0.1, 0.15) is 39.7 Å². The maximum Gasteiger partial charge on any atom is 0.275 e. The molecule has 9 heteroatoms. The van der Waals surface area contributed by atoms with Crippen LogP contribution < -0.4 is 16.2 Å². The molecule has 1 aromatic carbocycles. The van der Waals surface area contributed by atoms with E-state index in [4.69, 9.17) is 0 Å². The first-order valence-corrected chi connectivity index (χ1v) is 11.3. The zero-order chi connectivity index (χ0) is 23.8. The Hall–Kier alpha value is -3.04. The number of aliphatic hydroxyl groups is 1. The summed E-state index contributed by atoms with van der Waals surface area (Å²) in [5.74, 6) is -0.00159. The molecule has 33 heavy (non-hydrogen) atoms. The Bertz CT molecular complexity index is 1170. The molecule has 0 saturated carbocycles. The number of nitrogens with one attached hydrogen (secondary N) is 2. The van der Waals surface area contributed by atoms with E-state index in [1.807, 2.05) is 18.7 Å². The van der Waals surface area contributed by atoms with Gasteiger partial charge in [0.1, 0.15) is 5.82 Å². The quantitative estimate of drug-likeness (QED) is 0.530. The maximum atomic E-state index is 13.7. The predicted octanol–water partition coefficient (Wildman–Crippen LogP) is 2.95. The molecule has 1 saturated heterocycles. The van der Waals surface area contributed by atoms with Crippen molar-refractivity contribution < 1.29 is 9.50 Å². The number of hydrogen-bond donors (Lipinski definition) is 3. The number of aromatic nitrogens is 4. The summed E-state index contributed by atoms with van der Waals surface area (Å²) in [7, 11) is 1.86. The highest BCUT2D eigenvalue weighted by atomic mass is 19.1. The molecule has 3 heterocycles. The van der Waals surface area contributed by atoms with Crippen molar-refractivity contribution in [2.24, 2.45) is 7.05 Å². The molecule has 176 valence electrons. The summed E-state index contributed by atoms with van der Waals surface area (Å²) in [4.78, 5) is 22.7. The largest absolute Gasteiger partial charge is 0.388 e. The molecule has 0 bridgehead atoms. The lowest BCUT2D eigenvalue weighted by Crippen LogP contribution is -2.39. The lowest BCUT2D eigenvalue weighted by Gasteiger charge is -2.26. The van der Waals surface area contributed by atoms with Crippen LogP contribution in [0.4, 0.5) is 10.3 Å². The van der Waals surface area contributed by atoms with E-state index in [0.29, 0.717) is 28.5 Å². The zero-order valence-electron chi connectivity index (χ0n) is 19.5. The fourth-order valence-electron chi connectivity index (χ4n) is 4.18. The van der Waals surface area contributed by atoms with Gasteiger partial charge in [0.05, 0.1) is 34.6 Å². The minimum absolute atomic E-state index is 0.0614. The van der Waals surface area contributed by atoms with Crippen molar-refractivity contribution in [1.82, 2.24) is 24.6 Å². The van der Waals surface area contributed by atoms with Gasteiger partial charge in [-0.15, -0.1) is 0 Å². The van der Waals surface area contributed by atoms with E-state index in [9.17, 15) is 14.3 Å². The third kappa shape index (κ3) is 4.69. The van der Waals surface area contributed by atoms with Gasteiger partial charge in [-0.05, 0) is 70.5 Å². The number of nitrogens with zero attached hydrogens (tertiary/aromatic N) is 4. The van der Waals surface area contributed by atoms with E-state index in [1.54, 1.807) is 42.9 Å². The van der Waals surface area contributed by atoms with Gasteiger partial charge in [-0.1, -0.05) is 12.1 Å².